The third-order valence-electron chi connectivity index (χ3n) is 2.25. The molecule has 1 saturated heterocycles. The molecule has 1 rings (SSSR count). The summed E-state index contributed by atoms with van der Waals surface area (Å²) in [4.78, 5) is 0. The molecular weight excluding hydrogens is 176 g/mol. The van der Waals surface area contributed by atoms with E-state index in [2.05, 4.69) is 6.92 Å². The number of hydrogen-bond donors (Lipinski definition) is 0. The fourth-order valence-electron chi connectivity index (χ4n) is 1.19. The Labute approximate surface area is 79.2 Å². The zero-order valence-corrected chi connectivity index (χ0v) is 8.35. The van der Waals surface area contributed by atoms with Crippen LogP contribution in [0.4, 0.5) is 0 Å². The monoisotopic (exact) mass is 192 g/mol. The number of alkyl halides is 1. The topological polar surface area (TPSA) is 18.5 Å². The minimum Gasteiger partial charge on any atom is -0.379 e. The van der Waals surface area contributed by atoms with Crippen LogP contribution in [0.3, 0.4) is 0 Å². The number of hydrogen-bond acceptors (Lipinski definition) is 2. The van der Waals surface area contributed by atoms with Gasteiger partial charge >= 0.3 is 0 Å². The van der Waals surface area contributed by atoms with Crippen molar-refractivity contribution in [3.63, 3.8) is 0 Å². The Balaban J connectivity index is 2.06. The highest BCUT2D eigenvalue weighted by molar-refractivity contribution is 6.18. The first-order chi connectivity index (χ1) is 5.86. The van der Waals surface area contributed by atoms with E-state index in [4.69, 9.17) is 21.1 Å². The molecule has 0 aromatic carbocycles. The van der Waals surface area contributed by atoms with Crippen LogP contribution in [0.1, 0.15) is 19.8 Å². The molecule has 2 nitrogen and oxygen atoms in total. The summed E-state index contributed by atoms with van der Waals surface area (Å²) in [5.74, 6) is 1.21. The molecule has 3 heteroatoms. The molecule has 1 aliphatic rings. The number of halogens is 1. The van der Waals surface area contributed by atoms with Crippen molar-refractivity contribution in [2.75, 3.05) is 25.7 Å². The van der Waals surface area contributed by atoms with Crippen molar-refractivity contribution in [3.05, 3.63) is 0 Å². The summed E-state index contributed by atoms with van der Waals surface area (Å²) < 4.78 is 10.8. The Morgan fingerprint density at radius 2 is 2.50 bits per heavy atom. The summed E-state index contributed by atoms with van der Waals surface area (Å²) in [5.41, 5.74) is 0. The molecule has 0 bridgehead atoms. The largest absolute Gasteiger partial charge is 0.379 e. The van der Waals surface area contributed by atoms with E-state index in [1.807, 2.05) is 0 Å². The van der Waals surface area contributed by atoms with Gasteiger partial charge in [0, 0.05) is 12.5 Å². The van der Waals surface area contributed by atoms with Crippen molar-refractivity contribution in [2.24, 2.45) is 5.92 Å². The van der Waals surface area contributed by atoms with Crippen LogP contribution < -0.4 is 0 Å². The van der Waals surface area contributed by atoms with Gasteiger partial charge in [0.2, 0.25) is 0 Å². The summed E-state index contributed by atoms with van der Waals surface area (Å²) in [6.07, 6.45) is 2.46. The lowest BCUT2D eigenvalue weighted by Gasteiger charge is -2.14. The van der Waals surface area contributed by atoms with Crippen molar-refractivity contribution in [3.8, 4) is 0 Å². The first-order valence-corrected chi connectivity index (χ1v) is 5.15. The Morgan fingerprint density at radius 3 is 3.00 bits per heavy atom. The molecule has 0 saturated carbocycles. The zero-order chi connectivity index (χ0) is 8.81. The van der Waals surface area contributed by atoms with E-state index in [-0.39, 0.29) is 0 Å². The maximum absolute atomic E-state index is 5.74. The van der Waals surface area contributed by atoms with Crippen LogP contribution in [0.5, 0.6) is 0 Å². The van der Waals surface area contributed by atoms with Gasteiger partial charge in [0.25, 0.3) is 0 Å². The van der Waals surface area contributed by atoms with Crippen LogP contribution >= 0.6 is 11.6 Å². The zero-order valence-electron chi connectivity index (χ0n) is 7.59. The Kier molecular flexibility index (Phi) is 4.96. The van der Waals surface area contributed by atoms with Gasteiger partial charge in [0.1, 0.15) is 0 Å². The van der Waals surface area contributed by atoms with Crippen molar-refractivity contribution >= 4 is 11.6 Å². The van der Waals surface area contributed by atoms with E-state index in [0.717, 1.165) is 32.7 Å². The summed E-state index contributed by atoms with van der Waals surface area (Å²) in [5, 5.41) is 0. The molecule has 0 spiro atoms. The second-order valence-electron chi connectivity index (χ2n) is 3.25. The summed E-state index contributed by atoms with van der Waals surface area (Å²) in [6, 6.07) is 0. The van der Waals surface area contributed by atoms with Gasteiger partial charge in [0.05, 0.1) is 19.3 Å². The quantitative estimate of drug-likeness (QED) is 0.621. The molecule has 72 valence electrons. The van der Waals surface area contributed by atoms with Crippen LogP contribution in [0, 0.1) is 5.92 Å². The van der Waals surface area contributed by atoms with Crippen LogP contribution in [0.2, 0.25) is 0 Å². The molecule has 0 aliphatic carbocycles. The lowest BCUT2D eigenvalue weighted by atomic mass is 10.1. The van der Waals surface area contributed by atoms with Gasteiger partial charge in [-0.05, 0) is 18.8 Å². The van der Waals surface area contributed by atoms with Crippen molar-refractivity contribution in [1.82, 2.24) is 0 Å². The standard InChI is InChI=1S/C9H17ClO2/c1-2-8(5-10)6-12-9-3-4-11-7-9/h8-9H,2-7H2,1H3. The smallest absolute Gasteiger partial charge is 0.0830 e. The van der Waals surface area contributed by atoms with Gasteiger partial charge in [0.15, 0.2) is 0 Å². The van der Waals surface area contributed by atoms with Gasteiger partial charge in [-0.15, -0.1) is 11.6 Å². The van der Waals surface area contributed by atoms with E-state index in [9.17, 15) is 0 Å². The fraction of sp³-hybridized carbons (Fsp3) is 1.00. The Bertz CT molecular complexity index is 107. The van der Waals surface area contributed by atoms with Crippen LogP contribution in [-0.2, 0) is 9.47 Å². The van der Waals surface area contributed by atoms with E-state index < -0.39 is 0 Å². The van der Waals surface area contributed by atoms with E-state index in [1.165, 1.54) is 0 Å². The highest BCUT2D eigenvalue weighted by atomic mass is 35.5. The summed E-state index contributed by atoms with van der Waals surface area (Å²) in [6.45, 7) is 4.54. The fourth-order valence-corrected chi connectivity index (χ4v) is 1.50. The molecule has 12 heavy (non-hydrogen) atoms. The normalized spacial score (nSPS) is 26.0. The molecular formula is C9H17ClO2. The second-order valence-corrected chi connectivity index (χ2v) is 3.56. The van der Waals surface area contributed by atoms with Crippen LogP contribution in [-0.4, -0.2) is 31.8 Å². The average Bonchev–Trinajstić information content (AvgIpc) is 2.59. The number of rotatable bonds is 5. The predicted molar refractivity (Wildman–Crippen MR) is 49.7 cm³/mol. The molecule has 1 fully saturated rings. The van der Waals surface area contributed by atoms with Crippen molar-refractivity contribution < 1.29 is 9.47 Å². The van der Waals surface area contributed by atoms with E-state index in [0.29, 0.717) is 17.9 Å². The minimum absolute atomic E-state index is 0.322. The van der Waals surface area contributed by atoms with Gasteiger partial charge in [-0.25, -0.2) is 0 Å². The first-order valence-electron chi connectivity index (χ1n) is 4.62. The van der Waals surface area contributed by atoms with Crippen molar-refractivity contribution in [1.29, 1.82) is 0 Å². The first kappa shape index (κ1) is 10.3. The molecule has 1 aliphatic heterocycles. The summed E-state index contributed by atoms with van der Waals surface area (Å²) >= 11 is 5.74. The molecule has 0 aromatic heterocycles. The highest BCUT2D eigenvalue weighted by Crippen LogP contribution is 2.12. The molecule has 0 radical (unpaired) electrons. The minimum atomic E-state index is 0.322. The Morgan fingerprint density at radius 1 is 1.67 bits per heavy atom. The maximum atomic E-state index is 5.74. The lowest BCUT2D eigenvalue weighted by molar-refractivity contribution is 0.0251. The molecule has 0 aromatic rings. The summed E-state index contributed by atoms with van der Waals surface area (Å²) in [7, 11) is 0. The number of ether oxygens (including phenoxy) is 2. The van der Waals surface area contributed by atoms with E-state index in [1.54, 1.807) is 0 Å². The van der Waals surface area contributed by atoms with E-state index >= 15 is 0 Å². The second kappa shape index (κ2) is 5.79. The van der Waals surface area contributed by atoms with Gasteiger partial charge in [-0.2, -0.15) is 0 Å². The molecule has 2 atom stereocenters. The van der Waals surface area contributed by atoms with Crippen LogP contribution in [0.15, 0.2) is 0 Å². The SMILES string of the molecule is CCC(CCl)COC1CCOC1. The van der Waals surface area contributed by atoms with Gasteiger partial charge < -0.3 is 9.47 Å². The highest BCUT2D eigenvalue weighted by Gasteiger charge is 2.17. The van der Waals surface area contributed by atoms with Crippen molar-refractivity contribution in [2.45, 2.75) is 25.9 Å². The van der Waals surface area contributed by atoms with Gasteiger partial charge in [-0.1, -0.05) is 6.92 Å². The predicted octanol–water partition coefficient (Wildman–Crippen LogP) is 2.06. The molecule has 0 N–H and O–H groups in total. The van der Waals surface area contributed by atoms with Gasteiger partial charge in [-0.3, -0.25) is 0 Å². The third kappa shape index (κ3) is 3.30. The lowest BCUT2D eigenvalue weighted by Crippen LogP contribution is -2.18. The molecule has 0 amide bonds. The molecule has 2 unspecified atom stereocenters. The van der Waals surface area contributed by atoms with Crippen LogP contribution in [0.25, 0.3) is 0 Å². The maximum Gasteiger partial charge on any atom is 0.0830 e. The Hall–Kier alpha value is 0.210. The average molecular weight is 193 g/mol. The third-order valence-corrected chi connectivity index (χ3v) is 2.69. The molecule has 1 heterocycles.